The Morgan fingerprint density at radius 3 is 2.89 bits per heavy atom. The highest BCUT2D eigenvalue weighted by Crippen LogP contribution is 2.33. The van der Waals surface area contributed by atoms with Crippen molar-refractivity contribution in [2.45, 2.75) is 18.9 Å². The molecule has 7 heteroatoms. The molecule has 0 saturated carbocycles. The zero-order valence-corrected chi connectivity index (χ0v) is 11.0. The minimum Gasteiger partial charge on any atom is -0.479 e. The molecule has 3 heterocycles. The van der Waals surface area contributed by atoms with Gasteiger partial charge in [0.15, 0.2) is 11.2 Å². The molecule has 0 unspecified atom stereocenters. The quantitative estimate of drug-likeness (QED) is 0.886. The Hall–Kier alpha value is -1.50. The zero-order valence-electron chi connectivity index (χ0n) is 10.2. The van der Waals surface area contributed by atoms with E-state index < -0.39 is 0 Å². The van der Waals surface area contributed by atoms with Gasteiger partial charge in [0.05, 0.1) is 7.11 Å². The van der Waals surface area contributed by atoms with Gasteiger partial charge in [-0.25, -0.2) is 9.97 Å². The normalized spacial score (nSPS) is 17.2. The molecule has 0 aliphatic carbocycles. The first-order valence-electron chi connectivity index (χ1n) is 5.91. The van der Waals surface area contributed by atoms with Crippen molar-refractivity contribution in [3.05, 3.63) is 6.33 Å². The van der Waals surface area contributed by atoms with Gasteiger partial charge in [-0.3, -0.25) is 4.57 Å². The molecule has 18 heavy (non-hydrogen) atoms. The van der Waals surface area contributed by atoms with Crippen LogP contribution < -0.4 is 10.5 Å². The van der Waals surface area contributed by atoms with Crippen molar-refractivity contribution in [1.29, 1.82) is 0 Å². The lowest BCUT2D eigenvalue weighted by atomic mass is 10.1. The van der Waals surface area contributed by atoms with Crippen molar-refractivity contribution in [3.8, 4) is 5.88 Å². The number of aromatic nitrogens is 4. The molecule has 1 aliphatic rings. The third kappa shape index (κ3) is 1.78. The molecule has 2 aromatic rings. The number of nitrogens with two attached hydrogens (primary N) is 1. The maximum atomic E-state index is 6.03. The van der Waals surface area contributed by atoms with Crippen LogP contribution in [-0.4, -0.2) is 38.1 Å². The van der Waals surface area contributed by atoms with Gasteiger partial charge >= 0.3 is 0 Å². The number of rotatable bonds is 2. The van der Waals surface area contributed by atoms with E-state index in [2.05, 4.69) is 15.0 Å². The second-order valence-corrected chi connectivity index (χ2v) is 5.46. The molecular formula is C11H15N5OS. The smallest absolute Gasteiger partial charge is 0.245 e. The average Bonchev–Trinajstić information content (AvgIpc) is 2.75. The van der Waals surface area contributed by atoms with Crippen molar-refractivity contribution >= 4 is 28.9 Å². The van der Waals surface area contributed by atoms with E-state index in [0.717, 1.165) is 30.0 Å². The lowest BCUT2D eigenvalue weighted by Crippen LogP contribution is -2.17. The third-order valence-corrected chi connectivity index (χ3v) is 4.27. The van der Waals surface area contributed by atoms with Gasteiger partial charge in [-0.05, 0) is 24.3 Å². The third-order valence-electron chi connectivity index (χ3n) is 3.22. The van der Waals surface area contributed by atoms with Gasteiger partial charge < -0.3 is 10.5 Å². The summed E-state index contributed by atoms with van der Waals surface area (Å²) in [5.74, 6) is 3.30. The van der Waals surface area contributed by atoms with Crippen LogP contribution in [0.1, 0.15) is 18.9 Å². The van der Waals surface area contributed by atoms with Crippen molar-refractivity contribution in [1.82, 2.24) is 19.5 Å². The summed E-state index contributed by atoms with van der Waals surface area (Å²) in [7, 11) is 1.58. The Morgan fingerprint density at radius 2 is 2.17 bits per heavy atom. The molecule has 0 bridgehead atoms. The van der Waals surface area contributed by atoms with Crippen molar-refractivity contribution in [3.63, 3.8) is 0 Å². The van der Waals surface area contributed by atoms with Crippen LogP contribution in [0, 0.1) is 0 Å². The Bertz CT molecular complexity index is 564. The summed E-state index contributed by atoms with van der Waals surface area (Å²) >= 11 is 1.98. The highest BCUT2D eigenvalue weighted by Gasteiger charge is 2.22. The highest BCUT2D eigenvalue weighted by molar-refractivity contribution is 7.99. The Labute approximate surface area is 109 Å². The van der Waals surface area contributed by atoms with E-state index in [0.29, 0.717) is 23.4 Å². The maximum Gasteiger partial charge on any atom is 0.245 e. The van der Waals surface area contributed by atoms with E-state index >= 15 is 0 Å². The molecule has 0 spiro atoms. The largest absolute Gasteiger partial charge is 0.479 e. The minimum absolute atomic E-state index is 0.385. The molecule has 2 aromatic heterocycles. The lowest BCUT2D eigenvalue weighted by Gasteiger charge is -2.23. The molecule has 3 rings (SSSR count). The van der Waals surface area contributed by atoms with Crippen LogP contribution in [0.15, 0.2) is 6.33 Å². The van der Waals surface area contributed by atoms with E-state index in [1.807, 2.05) is 16.3 Å². The number of fused-ring (bicyclic) bond motifs is 1. The fraction of sp³-hybridized carbons (Fsp3) is 0.545. The Balaban J connectivity index is 2.13. The van der Waals surface area contributed by atoms with E-state index in [1.165, 1.54) is 6.33 Å². The second kappa shape index (κ2) is 4.64. The molecule has 0 amide bonds. The van der Waals surface area contributed by atoms with Gasteiger partial charge in [0.2, 0.25) is 11.8 Å². The van der Waals surface area contributed by atoms with Crippen LogP contribution in [0.3, 0.4) is 0 Å². The number of nitrogens with zero attached hydrogens (tertiary/aromatic N) is 4. The summed E-state index contributed by atoms with van der Waals surface area (Å²) in [6, 6.07) is 0.385. The predicted molar refractivity (Wildman–Crippen MR) is 71.9 cm³/mol. The predicted octanol–water partition coefficient (Wildman–Crippen LogP) is 1.49. The summed E-state index contributed by atoms with van der Waals surface area (Å²) in [6.07, 6.45) is 3.70. The molecule has 1 aliphatic heterocycles. The van der Waals surface area contributed by atoms with Crippen LogP contribution in [0.25, 0.3) is 11.2 Å². The molecule has 0 radical (unpaired) electrons. The standard InChI is InChI=1S/C11H15N5OS/c1-17-10-8-9(13-6-14-10)16(11(12)15-8)7-2-4-18-5-3-7/h6-7H,2-5H2,1H3,(H2,12,15). The zero-order chi connectivity index (χ0) is 12.5. The lowest BCUT2D eigenvalue weighted by molar-refractivity contribution is 0.401. The molecular weight excluding hydrogens is 250 g/mol. The molecule has 6 nitrogen and oxygen atoms in total. The number of methoxy groups -OCH3 is 1. The molecule has 96 valence electrons. The molecule has 0 aromatic carbocycles. The maximum absolute atomic E-state index is 6.03. The van der Waals surface area contributed by atoms with Gasteiger partial charge in [0, 0.05) is 6.04 Å². The second-order valence-electron chi connectivity index (χ2n) is 4.24. The Morgan fingerprint density at radius 1 is 1.39 bits per heavy atom. The minimum atomic E-state index is 0.385. The SMILES string of the molecule is COc1ncnc2c1nc(N)n2C1CCSCC1. The van der Waals surface area contributed by atoms with Crippen LogP contribution in [-0.2, 0) is 0 Å². The molecule has 2 N–H and O–H groups in total. The molecule has 1 saturated heterocycles. The topological polar surface area (TPSA) is 78.8 Å². The van der Waals surface area contributed by atoms with Gasteiger partial charge in [0.25, 0.3) is 0 Å². The van der Waals surface area contributed by atoms with Crippen molar-refractivity contribution in [2.24, 2.45) is 0 Å². The van der Waals surface area contributed by atoms with Crippen LogP contribution in [0.4, 0.5) is 5.95 Å². The van der Waals surface area contributed by atoms with Crippen molar-refractivity contribution < 1.29 is 4.74 Å². The van der Waals surface area contributed by atoms with Crippen LogP contribution >= 0.6 is 11.8 Å². The number of hydrogen-bond acceptors (Lipinski definition) is 6. The van der Waals surface area contributed by atoms with E-state index in [9.17, 15) is 0 Å². The van der Waals surface area contributed by atoms with Gasteiger partial charge in [0.1, 0.15) is 6.33 Å². The first-order valence-corrected chi connectivity index (χ1v) is 7.07. The first kappa shape index (κ1) is 11.6. The monoisotopic (exact) mass is 265 g/mol. The van der Waals surface area contributed by atoms with Gasteiger partial charge in [-0.1, -0.05) is 0 Å². The van der Waals surface area contributed by atoms with E-state index in [-0.39, 0.29) is 0 Å². The van der Waals surface area contributed by atoms with Gasteiger partial charge in [-0.15, -0.1) is 0 Å². The molecule has 0 atom stereocenters. The van der Waals surface area contributed by atoms with E-state index in [1.54, 1.807) is 7.11 Å². The van der Waals surface area contributed by atoms with Crippen LogP contribution in [0.5, 0.6) is 5.88 Å². The number of ether oxygens (including phenoxy) is 1. The van der Waals surface area contributed by atoms with E-state index in [4.69, 9.17) is 10.5 Å². The Kier molecular flexibility index (Phi) is 2.99. The van der Waals surface area contributed by atoms with Crippen molar-refractivity contribution in [2.75, 3.05) is 24.3 Å². The fourth-order valence-corrected chi connectivity index (χ4v) is 3.44. The summed E-state index contributed by atoms with van der Waals surface area (Å²) in [6.45, 7) is 0. The number of anilines is 1. The highest BCUT2D eigenvalue weighted by atomic mass is 32.2. The fourth-order valence-electron chi connectivity index (χ4n) is 2.36. The summed E-state index contributed by atoms with van der Waals surface area (Å²) in [5.41, 5.74) is 7.45. The first-order chi connectivity index (χ1) is 8.81. The number of hydrogen-bond donors (Lipinski definition) is 1. The number of nitrogen functional groups attached to an aromatic ring is 1. The summed E-state index contributed by atoms with van der Waals surface area (Å²) < 4.78 is 7.22. The summed E-state index contributed by atoms with van der Waals surface area (Å²) in [4.78, 5) is 12.7. The van der Waals surface area contributed by atoms with Gasteiger partial charge in [-0.2, -0.15) is 16.7 Å². The van der Waals surface area contributed by atoms with Crippen LogP contribution in [0.2, 0.25) is 0 Å². The number of imidazole rings is 1. The number of thioether (sulfide) groups is 1. The molecule has 1 fully saturated rings. The summed E-state index contributed by atoms with van der Waals surface area (Å²) in [5, 5.41) is 0. The average molecular weight is 265 g/mol.